The Hall–Kier alpha value is -1.92. The summed E-state index contributed by atoms with van der Waals surface area (Å²) >= 11 is 1.52. The van der Waals surface area contributed by atoms with Crippen molar-refractivity contribution in [3.05, 3.63) is 57.9 Å². The molecule has 24 heavy (non-hydrogen) atoms. The van der Waals surface area contributed by atoms with Crippen LogP contribution in [0.3, 0.4) is 0 Å². The van der Waals surface area contributed by atoms with E-state index in [0.717, 1.165) is 47.6 Å². The van der Waals surface area contributed by atoms with Gasteiger partial charge in [0.1, 0.15) is 0 Å². The molecule has 2 aliphatic rings. The minimum Gasteiger partial charge on any atom is -0.335 e. The summed E-state index contributed by atoms with van der Waals surface area (Å²) < 4.78 is 0. The second-order valence-corrected chi connectivity index (χ2v) is 7.23. The van der Waals surface area contributed by atoms with Crippen LogP contribution in [0.1, 0.15) is 44.6 Å². The summed E-state index contributed by atoms with van der Waals surface area (Å²) in [5.41, 5.74) is 1.00. The van der Waals surface area contributed by atoms with Gasteiger partial charge in [-0.25, -0.2) is 0 Å². The van der Waals surface area contributed by atoms with Gasteiger partial charge in [-0.05, 0) is 44.2 Å². The van der Waals surface area contributed by atoms with E-state index in [-0.39, 0.29) is 5.91 Å². The Morgan fingerprint density at radius 1 is 1.21 bits per heavy atom. The monoisotopic (exact) mass is 337 g/mol. The molecule has 1 unspecified atom stereocenters. The number of carbonyl (C=O) groups is 1. The van der Waals surface area contributed by atoms with E-state index in [9.17, 15) is 4.79 Å². The lowest BCUT2D eigenvalue weighted by atomic mass is 10.00. The average molecular weight is 337 g/mol. The zero-order chi connectivity index (χ0) is 16.8. The minimum atomic E-state index is 0.193. The maximum atomic E-state index is 12.9. The molecule has 0 saturated carbocycles. The van der Waals surface area contributed by atoms with Crippen LogP contribution in [0.15, 0.2) is 52.3 Å². The summed E-state index contributed by atoms with van der Waals surface area (Å²) in [6, 6.07) is 10.4. The predicted octanol–water partition coefficient (Wildman–Crippen LogP) is 4.73. The van der Waals surface area contributed by atoms with Crippen LogP contribution in [0.4, 0.5) is 0 Å². The molecular weight excluding hydrogens is 314 g/mol. The van der Waals surface area contributed by atoms with Crippen molar-refractivity contribution in [2.45, 2.75) is 45.1 Å². The molecule has 1 amide bonds. The maximum absolute atomic E-state index is 12.9. The van der Waals surface area contributed by atoms with Gasteiger partial charge in [0.05, 0.1) is 9.81 Å². The minimum absolute atomic E-state index is 0.193. The molecule has 0 spiro atoms. The Bertz CT molecular complexity index is 708. The van der Waals surface area contributed by atoms with Crippen molar-refractivity contribution in [1.82, 2.24) is 4.90 Å². The quantitative estimate of drug-likeness (QED) is 0.727. The molecule has 1 atom stereocenters. The lowest BCUT2D eigenvalue weighted by Crippen LogP contribution is -2.43. The molecular formula is C21H23NOS. The van der Waals surface area contributed by atoms with Gasteiger partial charge in [-0.3, -0.25) is 4.79 Å². The van der Waals surface area contributed by atoms with Crippen molar-refractivity contribution < 1.29 is 4.79 Å². The molecule has 1 fully saturated rings. The second kappa shape index (κ2) is 8.26. The van der Waals surface area contributed by atoms with Gasteiger partial charge < -0.3 is 4.90 Å². The molecule has 0 radical (unpaired) electrons. The van der Waals surface area contributed by atoms with Gasteiger partial charge in [0, 0.05) is 18.2 Å². The van der Waals surface area contributed by atoms with Gasteiger partial charge in [-0.1, -0.05) is 60.9 Å². The fourth-order valence-corrected chi connectivity index (χ4v) is 4.07. The lowest BCUT2D eigenvalue weighted by molar-refractivity contribution is -0.130. The zero-order valence-corrected chi connectivity index (χ0v) is 14.9. The SMILES string of the molecule is CCC1CCCCN1C(=O)C1=CCC=C(C#Cc2ccccc2)S1. The summed E-state index contributed by atoms with van der Waals surface area (Å²) in [5, 5.41) is 0. The average Bonchev–Trinajstić information content (AvgIpc) is 2.67. The van der Waals surface area contributed by atoms with E-state index < -0.39 is 0 Å². The normalized spacial score (nSPS) is 20.5. The number of piperidine rings is 1. The highest BCUT2D eigenvalue weighted by molar-refractivity contribution is 8.07. The van der Waals surface area contributed by atoms with Crippen LogP contribution in [-0.4, -0.2) is 23.4 Å². The van der Waals surface area contributed by atoms with Crippen molar-refractivity contribution in [3.8, 4) is 11.8 Å². The summed E-state index contributed by atoms with van der Waals surface area (Å²) in [6.45, 7) is 3.07. The number of benzene rings is 1. The third-order valence-electron chi connectivity index (χ3n) is 4.50. The molecule has 2 nitrogen and oxygen atoms in total. The highest BCUT2D eigenvalue weighted by Gasteiger charge is 2.28. The van der Waals surface area contributed by atoms with E-state index in [0.29, 0.717) is 6.04 Å². The van der Waals surface area contributed by atoms with Crippen LogP contribution in [0.25, 0.3) is 0 Å². The number of hydrogen-bond donors (Lipinski definition) is 0. The number of hydrogen-bond acceptors (Lipinski definition) is 2. The Morgan fingerprint density at radius 3 is 2.83 bits per heavy atom. The van der Waals surface area contributed by atoms with Crippen LogP contribution in [0.2, 0.25) is 0 Å². The fourth-order valence-electron chi connectivity index (χ4n) is 3.17. The van der Waals surface area contributed by atoms with Gasteiger partial charge in [0.15, 0.2) is 0 Å². The number of likely N-dealkylation sites (tertiary alicyclic amines) is 1. The zero-order valence-electron chi connectivity index (χ0n) is 14.1. The third-order valence-corrected chi connectivity index (χ3v) is 5.55. The van der Waals surface area contributed by atoms with E-state index in [1.807, 2.05) is 36.4 Å². The molecule has 124 valence electrons. The summed E-state index contributed by atoms with van der Waals surface area (Å²) in [5.74, 6) is 6.59. The third kappa shape index (κ3) is 4.13. The van der Waals surface area contributed by atoms with Crippen LogP contribution < -0.4 is 0 Å². The lowest BCUT2D eigenvalue weighted by Gasteiger charge is -2.36. The Labute approximate surface area is 149 Å². The molecule has 1 aromatic rings. The molecule has 2 heterocycles. The van der Waals surface area contributed by atoms with E-state index in [4.69, 9.17) is 0 Å². The van der Waals surface area contributed by atoms with Gasteiger partial charge >= 0.3 is 0 Å². The maximum Gasteiger partial charge on any atom is 0.260 e. The molecule has 2 aliphatic heterocycles. The van der Waals surface area contributed by atoms with Crippen molar-refractivity contribution in [3.63, 3.8) is 0 Å². The summed E-state index contributed by atoms with van der Waals surface area (Å²) in [4.78, 5) is 16.8. The standard InChI is InChI=1S/C21H23NOS/c1-2-18-11-6-7-16-22(18)21(23)20-13-8-12-19(24-20)15-14-17-9-4-3-5-10-17/h3-5,9-10,12-13,18H,2,6-8,11,16H2,1H3. The first-order chi connectivity index (χ1) is 11.8. The van der Waals surface area contributed by atoms with E-state index >= 15 is 0 Å². The number of allylic oxidation sites excluding steroid dienone is 3. The van der Waals surface area contributed by atoms with Gasteiger partial charge in [0.25, 0.3) is 5.91 Å². The van der Waals surface area contributed by atoms with E-state index in [1.54, 1.807) is 0 Å². The highest BCUT2D eigenvalue weighted by atomic mass is 32.2. The van der Waals surface area contributed by atoms with Crippen LogP contribution in [0.5, 0.6) is 0 Å². The largest absolute Gasteiger partial charge is 0.335 e. The van der Waals surface area contributed by atoms with Crippen LogP contribution >= 0.6 is 11.8 Å². The number of rotatable bonds is 2. The molecule has 3 heteroatoms. The van der Waals surface area contributed by atoms with Crippen molar-refractivity contribution in [2.24, 2.45) is 0 Å². The van der Waals surface area contributed by atoms with Crippen LogP contribution in [0, 0.1) is 11.8 Å². The summed E-state index contributed by atoms with van der Waals surface area (Å²) in [6.07, 6.45) is 9.47. The molecule has 0 aliphatic carbocycles. The number of carbonyl (C=O) groups excluding carboxylic acids is 1. The molecule has 0 N–H and O–H groups in total. The first-order valence-electron chi connectivity index (χ1n) is 8.74. The van der Waals surface area contributed by atoms with Crippen molar-refractivity contribution >= 4 is 17.7 Å². The van der Waals surface area contributed by atoms with Gasteiger partial charge in [-0.15, -0.1) is 0 Å². The number of nitrogens with zero attached hydrogens (tertiary/aromatic N) is 1. The Morgan fingerprint density at radius 2 is 2.04 bits per heavy atom. The first kappa shape index (κ1) is 16.9. The smallest absolute Gasteiger partial charge is 0.260 e. The molecule has 1 aromatic carbocycles. The number of thioether (sulfide) groups is 1. The molecule has 0 bridgehead atoms. The summed E-state index contributed by atoms with van der Waals surface area (Å²) in [7, 11) is 0. The van der Waals surface area contributed by atoms with Crippen molar-refractivity contribution in [2.75, 3.05) is 6.54 Å². The second-order valence-electron chi connectivity index (χ2n) is 6.15. The topological polar surface area (TPSA) is 20.3 Å². The number of amides is 1. The van der Waals surface area contributed by atoms with Gasteiger partial charge in [-0.2, -0.15) is 0 Å². The van der Waals surface area contributed by atoms with Gasteiger partial charge in [0.2, 0.25) is 0 Å². The fraction of sp³-hybridized carbons (Fsp3) is 0.381. The van der Waals surface area contributed by atoms with E-state index in [2.05, 4.69) is 29.7 Å². The molecule has 0 aromatic heterocycles. The first-order valence-corrected chi connectivity index (χ1v) is 9.56. The van der Waals surface area contributed by atoms with Crippen LogP contribution in [-0.2, 0) is 4.79 Å². The Kier molecular flexibility index (Phi) is 5.82. The predicted molar refractivity (Wildman–Crippen MR) is 101 cm³/mol. The van der Waals surface area contributed by atoms with E-state index in [1.165, 1.54) is 18.2 Å². The molecule has 1 saturated heterocycles. The molecule has 3 rings (SSSR count). The highest BCUT2D eigenvalue weighted by Crippen LogP contribution is 2.33. The van der Waals surface area contributed by atoms with Crippen molar-refractivity contribution in [1.29, 1.82) is 0 Å². The Balaban J connectivity index is 1.67.